The number of hydrogen-bond donors (Lipinski definition) is 1. The van der Waals surface area contributed by atoms with E-state index < -0.39 is 0 Å². The van der Waals surface area contributed by atoms with Crippen molar-refractivity contribution in [1.29, 1.82) is 0 Å². The van der Waals surface area contributed by atoms with Crippen LogP contribution in [0.4, 0.5) is 5.69 Å². The number of rotatable bonds is 4. The summed E-state index contributed by atoms with van der Waals surface area (Å²) in [4.78, 5) is 16.8. The molecule has 3 aromatic heterocycles. The van der Waals surface area contributed by atoms with Crippen molar-refractivity contribution in [3.8, 4) is 5.82 Å². The van der Waals surface area contributed by atoms with Crippen LogP contribution in [0.1, 0.15) is 35.8 Å². The van der Waals surface area contributed by atoms with E-state index in [1.54, 1.807) is 19.2 Å². The van der Waals surface area contributed by atoms with Gasteiger partial charge in [-0.2, -0.15) is 9.78 Å². The van der Waals surface area contributed by atoms with E-state index >= 15 is 0 Å². The maximum Gasteiger partial charge on any atom is 0.260 e. The molecule has 0 radical (unpaired) electrons. The van der Waals surface area contributed by atoms with Gasteiger partial charge in [-0.15, -0.1) is 5.10 Å². The molecular weight excluding hydrogens is 332 g/mol. The molecule has 0 saturated heterocycles. The Bertz CT molecular complexity index is 854. The molecule has 0 aliphatic carbocycles. The van der Waals surface area contributed by atoms with Gasteiger partial charge < -0.3 is 5.32 Å². The quantitative estimate of drug-likeness (QED) is 0.772. The Morgan fingerprint density at radius 2 is 2.12 bits per heavy atom. The first kappa shape index (κ1) is 16.1. The van der Waals surface area contributed by atoms with E-state index in [0.717, 1.165) is 0 Å². The minimum Gasteiger partial charge on any atom is -0.320 e. The zero-order chi connectivity index (χ0) is 17.3. The third-order valence-corrected chi connectivity index (χ3v) is 3.80. The topological polar surface area (TPSA) is 103 Å². The molecule has 0 unspecified atom stereocenters. The Hall–Kier alpha value is -2.81. The van der Waals surface area contributed by atoms with Crippen molar-refractivity contribution >= 4 is 23.2 Å². The maximum absolute atomic E-state index is 12.6. The van der Waals surface area contributed by atoms with Crippen molar-refractivity contribution in [2.75, 3.05) is 5.32 Å². The lowest BCUT2D eigenvalue weighted by Gasteiger charge is -2.08. The molecule has 0 fully saturated rings. The highest BCUT2D eigenvalue weighted by molar-refractivity contribution is 6.33. The average Bonchev–Trinajstić information content (AvgIpc) is 3.17. The van der Waals surface area contributed by atoms with Gasteiger partial charge in [0.15, 0.2) is 5.82 Å². The Kier molecular flexibility index (Phi) is 4.26. The first-order valence-corrected chi connectivity index (χ1v) is 7.58. The molecule has 3 rings (SSSR count). The summed E-state index contributed by atoms with van der Waals surface area (Å²) in [7, 11) is 1.70. The highest BCUT2D eigenvalue weighted by Gasteiger charge is 2.23. The van der Waals surface area contributed by atoms with Gasteiger partial charge in [-0.1, -0.05) is 25.4 Å². The summed E-state index contributed by atoms with van der Waals surface area (Å²) in [6, 6.07) is 3.40. The third kappa shape index (κ3) is 2.98. The van der Waals surface area contributed by atoms with Gasteiger partial charge in [-0.05, 0) is 28.5 Å². The van der Waals surface area contributed by atoms with Gasteiger partial charge in [-0.3, -0.25) is 9.48 Å². The number of aromatic nitrogens is 7. The molecule has 24 heavy (non-hydrogen) atoms. The lowest BCUT2D eigenvalue weighted by atomic mass is 10.1. The Labute approximate surface area is 142 Å². The zero-order valence-electron chi connectivity index (χ0n) is 13.3. The van der Waals surface area contributed by atoms with E-state index in [-0.39, 0.29) is 11.8 Å². The average molecular weight is 347 g/mol. The molecule has 0 aromatic carbocycles. The molecule has 1 N–H and O–H groups in total. The van der Waals surface area contributed by atoms with Gasteiger partial charge >= 0.3 is 0 Å². The van der Waals surface area contributed by atoms with Crippen LogP contribution in [0.3, 0.4) is 0 Å². The fourth-order valence-electron chi connectivity index (χ4n) is 2.19. The standard InChI is InChI=1S/C14H15ClN8O/c1-8(2)12-11(13(15)22(3)19-12)14(24)18-9-4-5-10(16-6-9)23-7-17-20-21-23/h4-8H,1-3H3,(H,18,24). The van der Waals surface area contributed by atoms with Crippen LogP contribution in [0.2, 0.25) is 5.15 Å². The highest BCUT2D eigenvalue weighted by Crippen LogP contribution is 2.26. The van der Waals surface area contributed by atoms with Crippen LogP contribution < -0.4 is 5.32 Å². The van der Waals surface area contributed by atoms with Crippen LogP contribution >= 0.6 is 11.6 Å². The monoisotopic (exact) mass is 346 g/mol. The summed E-state index contributed by atoms with van der Waals surface area (Å²) in [5, 5.41) is 18.2. The summed E-state index contributed by atoms with van der Waals surface area (Å²) in [5.74, 6) is 0.291. The van der Waals surface area contributed by atoms with Gasteiger partial charge in [-0.25, -0.2) is 4.98 Å². The van der Waals surface area contributed by atoms with Crippen molar-refractivity contribution in [2.24, 2.45) is 7.05 Å². The molecule has 1 amide bonds. The maximum atomic E-state index is 12.6. The molecule has 0 aliphatic rings. The Morgan fingerprint density at radius 3 is 2.71 bits per heavy atom. The molecule has 0 bridgehead atoms. The molecule has 124 valence electrons. The smallest absolute Gasteiger partial charge is 0.260 e. The molecule has 0 saturated carbocycles. The first-order valence-electron chi connectivity index (χ1n) is 7.20. The number of pyridine rings is 1. The zero-order valence-corrected chi connectivity index (χ0v) is 14.1. The van der Waals surface area contributed by atoms with E-state index in [1.165, 1.54) is 21.9 Å². The summed E-state index contributed by atoms with van der Waals surface area (Å²) in [5.41, 5.74) is 1.56. The molecule has 9 nitrogen and oxygen atoms in total. The van der Waals surface area contributed by atoms with Crippen molar-refractivity contribution in [1.82, 2.24) is 35.0 Å². The fourth-order valence-corrected chi connectivity index (χ4v) is 2.41. The van der Waals surface area contributed by atoms with Crippen molar-refractivity contribution < 1.29 is 4.79 Å². The summed E-state index contributed by atoms with van der Waals surface area (Å²) in [6.07, 6.45) is 2.96. The number of aryl methyl sites for hydroxylation is 1. The summed E-state index contributed by atoms with van der Waals surface area (Å²) < 4.78 is 2.91. The van der Waals surface area contributed by atoms with Crippen LogP contribution in [0.5, 0.6) is 0 Å². The summed E-state index contributed by atoms with van der Waals surface area (Å²) in [6.45, 7) is 3.91. The minimum atomic E-state index is -0.325. The van der Waals surface area contributed by atoms with E-state index in [9.17, 15) is 4.79 Å². The van der Waals surface area contributed by atoms with Crippen LogP contribution in [0.15, 0.2) is 24.7 Å². The molecule has 3 aromatic rings. The molecule has 3 heterocycles. The second-order valence-electron chi connectivity index (χ2n) is 5.44. The van der Waals surface area contributed by atoms with Gasteiger partial charge in [0.25, 0.3) is 5.91 Å². The lowest BCUT2D eigenvalue weighted by Crippen LogP contribution is -2.14. The van der Waals surface area contributed by atoms with Crippen LogP contribution in [0, 0.1) is 0 Å². The Morgan fingerprint density at radius 1 is 1.33 bits per heavy atom. The fraction of sp³-hybridized carbons (Fsp3) is 0.286. The summed E-state index contributed by atoms with van der Waals surface area (Å²) >= 11 is 6.21. The highest BCUT2D eigenvalue weighted by atomic mass is 35.5. The van der Waals surface area contributed by atoms with Gasteiger partial charge in [0, 0.05) is 7.05 Å². The third-order valence-electron chi connectivity index (χ3n) is 3.37. The number of hydrogen-bond acceptors (Lipinski definition) is 6. The van der Waals surface area contributed by atoms with Crippen LogP contribution in [0.25, 0.3) is 5.82 Å². The normalized spacial score (nSPS) is 11.0. The van der Waals surface area contributed by atoms with E-state index in [4.69, 9.17) is 11.6 Å². The number of carbonyl (C=O) groups is 1. The molecule has 0 atom stereocenters. The second kappa shape index (κ2) is 6.36. The van der Waals surface area contributed by atoms with Crippen LogP contribution in [-0.4, -0.2) is 40.9 Å². The number of halogens is 1. The van der Waals surface area contributed by atoms with E-state index in [0.29, 0.717) is 27.9 Å². The largest absolute Gasteiger partial charge is 0.320 e. The lowest BCUT2D eigenvalue weighted by molar-refractivity contribution is 0.102. The number of nitrogens with one attached hydrogen (secondary N) is 1. The predicted octanol–water partition coefficient (Wildman–Crippen LogP) is 1.82. The number of nitrogens with zero attached hydrogens (tertiary/aromatic N) is 7. The number of carbonyl (C=O) groups excluding carboxylic acids is 1. The second-order valence-corrected chi connectivity index (χ2v) is 5.80. The molecule has 0 aliphatic heterocycles. The van der Waals surface area contributed by atoms with Crippen molar-refractivity contribution in [3.63, 3.8) is 0 Å². The molecule has 10 heteroatoms. The van der Waals surface area contributed by atoms with Gasteiger partial charge in [0.1, 0.15) is 17.0 Å². The van der Waals surface area contributed by atoms with Crippen molar-refractivity contribution in [3.05, 3.63) is 41.1 Å². The van der Waals surface area contributed by atoms with E-state index in [2.05, 4.69) is 30.9 Å². The van der Waals surface area contributed by atoms with Gasteiger partial charge in [0.05, 0.1) is 17.6 Å². The minimum absolute atomic E-state index is 0.0739. The SMILES string of the molecule is CC(C)c1nn(C)c(Cl)c1C(=O)Nc1ccc(-n2cnnn2)nc1. The number of amides is 1. The van der Waals surface area contributed by atoms with Gasteiger partial charge in [0.2, 0.25) is 0 Å². The molecule has 0 spiro atoms. The first-order chi connectivity index (χ1) is 11.5. The van der Waals surface area contributed by atoms with Crippen LogP contribution in [-0.2, 0) is 7.05 Å². The predicted molar refractivity (Wildman–Crippen MR) is 87.2 cm³/mol. The van der Waals surface area contributed by atoms with Crippen molar-refractivity contribution in [2.45, 2.75) is 19.8 Å². The molecular formula is C14H15ClN8O. The number of anilines is 1. The van der Waals surface area contributed by atoms with E-state index in [1.807, 2.05) is 13.8 Å². The Balaban J connectivity index is 1.83. The number of tetrazole rings is 1.